The maximum Gasteiger partial charge on any atom is 1.00 e. The van der Waals surface area contributed by atoms with Gasteiger partial charge in [0.2, 0.25) is 0 Å². The average molecular weight is 422 g/mol. The smallest absolute Gasteiger partial charge is 0.545 e. The molecule has 0 amide bonds. The monoisotopic (exact) mass is 422 g/mol. The number of hydrogen-bond donors (Lipinski definition) is 1. The van der Waals surface area contributed by atoms with Crippen LogP contribution >= 0.6 is 0 Å². The van der Waals surface area contributed by atoms with Gasteiger partial charge in [0.25, 0.3) is 0 Å². The molecule has 1 unspecified atom stereocenters. The maximum atomic E-state index is 10.8. The summed E-state index contributed by atoms with van der Waals surface area (Å²) in [6.45, 7) is 2.35. The standard InChI is InChI=1S/C26H24O4.Na/c1-19-8-7-13-23(26(19)30-18-20-9-3-2-4-10-20)24(27)16-14-21-11-5-6-12-22(21)15-17-25(28)29;/h2-17,24,27H,18H2,1H3,(H,28,29);/q;+1/p-1/b16-14+,17-15+;. The third-order valence-corrected chi connectivity index (χ3v) is 4.64. The van der Waals surface area contributed by atoms with Crippen molar-refractivity contribution in [3.8, 4) is 5.75 Å². The SMILES string of the molecule is Cc1cccc(C(O)/C=C/c2ccccc2/C=C/C(=O)[O-])c1OCc1ccccc1.[Na+]. The van der Waals surface area contributed by atoms with Gasteiger partial charge < -0.3 is 19.7 Å². The van der Waals surface area contributed by atoms with Crippen molar-refractivity contribution in [1.82, 2.24) is 0 Å². The summed E-state index contributed by atoms with van der Waals surface area (Å²) in [5.41, 5.74) is 4.16. The second-order valence-corrected chi connectivity index (χ2v) is 6.85. The number of benzene rings is 3. The minimum atomic E-state index is -1.26. The summed E-state index contributed by atoms with van der Waals surface area (Å²) in [6.07, 6.45) is 5.01. The van der Waals surface area contributed by atoms with Gasteiger partial charge in [-0.2, -0.15) is 0 Å². The molecule has 0 saturated heterocycles. The molecular weight excluding hydrogens is 399 g/mol. The molecule has 0 aromatic heterocycles. The molecular formula is C26H23NaO4. The molecule has 5 heteroatoms. The van der Waals surface area contributed by atoms with Crippen LogP contribution in [0, 0.1) is 6.92 Å². The normalized spacial score (nSPS) is 11.9. The van der Waals surface area contributed by atoms with E-state index in [-0.39, 0.29) is 29.6 Å². The molecule has 3 rings (SSSR count). The van der Waals surface area contributed by atoms with E-state index < -0.39 is 12.1 Å². The van der Waals surface area contributed by atoms with Crippen molar-refractivity contribution >= 4 is 18.1 Å². The van der Waals surface area contributed by atoms with Gasteiger partial charge in [-0.25, -0.2) is 0 Å². The van der Waals surface area contributed by atoms with Crippen LogP contribution < -0.4 is 39.4 Å². The van der Waals surface area contributed by atoms with Crippen LogP contribution in [0.1, 0.15) is 33.9 Å². The summed E-state index contributed by atoms with van der Waals surface area (Å²) < 4.78 is 6.04. The zero-order chi connectivity index (χ0) is 21.3. The summed E-state index contributed by atoms with van der Waals surface area (Å²) in [5.74, 6) is -0.600. The number of rotatable bonds is 8. The molecule has 1 N–H and O–H groups in total. The van der Waals surface area contributed by atoms with Crippen molar-refractivity contribution in [2.45, 2.75) is 19.6 Å². The van der Waals surface area contributed by atoms with Crippen molar-refractivity contribution in [2.75, 3.05) is 0 Å². The van der Waals surface area contributed by atoms with E-state index >= 15 is 0 Å². The molecule has 1 atom stereocenters. The van der Waals surface area contributed by atoms with Crippen LogP contribution in [0.2, 0.25) is 0 Å². The van der Waals surface area contributed by atoms with Crippen LogP contribution in [0.3, 0.4) is 0 Å². The number of aliphatic hydroxyl groups is 1. The van der Waals surface area contributed by atoms with E-state index in [1.807, 2.05) is 73.7 Å². The number of hydrogen-bond acceptors (Lipinski definition) is 4. The predicted molar refractivity (Wildman–Crippen MR) is 116 cm³/mol. The number of aryl methyl sites for hydroxylation is 1. The van der Waals surface area contributed by atoms with Crippen LogP contribution in [-0.2, 0) is 11.4 Å². The van der Waals surface area contributed by atoms with Gasteiger partial charge in [-0.3, -0.25) is 0 Å². The Morgan fingerprint density at radius 2 is 1.61 bits per heavy atom. The van der Waals surface area contributed by atoms with Crippen LogP contribution in [0.25, 0.3) is 12.2 Å². The number of ether oxygens (including phenoxy) is 1. The molecule has 0 aliphatic rings. The van der Waals surface area contributed by atoms with Crippen LogP contribution in [0.5, 0.6) is 5.75 Å². The Kier molecular flexibility index (Phi) is 9.76. The van der Waals surface area contributed by atoms with E-state index in [1.165, 1.54) is 6.08 Å². The Labute approximate surface area is 204 Å². The fourth-order valence-electron chi connectivity index (χ4n) is 3.11. The van der Waals surface area contributed by atoms with E-state index in [2.05, 4.69) is 0 Å². The Morgan fingerprint density at radius 1 is 0.968 bits per heavy atom. The van der Waals surface area contributed by atoms with Crippen LogP contribution in [-0.4, -0.2) is 11.1 Å². The fraction of sp³-hybridized carbons (Fsp3) is 0.115. The van der Waals surface area contributed by atoms with Gasteiger partial charge in [-0.1, -0.05) is 91.0 Å². The minimum absolute atomic E-state index is 0. The summed E-state index contributed by atoms with van der Waals surface area (Å²) in [4.78, 5) is 10.7. The summed E-state index contributed by atoms with van der Waals surface area (Å²) in [7, 11) is 0. The van der Waals surface area contributed by atoms with Gasteiger partial charge in [0.1, 0.15) is 18.5 Å². The van der Waals surface area contributed by atoms with Crippen molar-refractivity contribution in [3.05, 3.63) is 113 Å². The molecule has 0 spiro atoms. The molecule has 4 nitrogen and oxygen atoms in total. The topological polar surface area (TPSA) is 69.6 Å². The Bertz CT molecular complexity index is 1060. The van der Waals surface area contributed by atoms with Gasteiger partial charge in [0, 0.05) is 5.56 Å². The first kappa shape index (κ1) is 24.6. The molecule has 0 heterocycles. The summed E-state index contributed by atoms with van der Waals surface area (Å²) >= 11 is 0. The Balaban J connectivity index is 0.00000341. The minimum Gasteiger partial charge on any atom is -0.545 e. The van der Waals surface area contributed by atoms with Crippen molar-refractivity contribution in [3.63, 3.8) is 0 Å². The average Bonchev–Trinajstić information content (AvgIpc) is 2.76. The van der Waals surface area contributed by atoms with Gasteiger partial charge in [0.15, 0.2) is 0 Å². The zero-order valence-electron chi connectivity index (χ0n) is 17.7. The van der Waals surface area contributed by atoms with Crippen molar-refractivity contribution < 1.29 is 49.3 Å². The number of carboxylic acids is 1. The number of aliphatic carboxylic acids is 1. The van der Waals surface area contributed by atoms with Gasteiger partial charge in [0.05, 0.1) is 5.97 Å². The number of carbonyl (C=O) groups excluding carboxylic acids is 1. The van der Waals surface area contributed by atoms with Crippen LogP contribution in [0.4, 0.5) is 0 Å². The first-order valence-corrected chi connectivity index (χ1v) is 9.65. The number of carbonyl (C=O) groups is 1. The van der Waals surface area contributed by atoms with Gasteiger partial charge in [-0.05, 0) is 35.3 Å². The molecule has 0 aliphatic carbocycles. The Hall–Kier alpha value is -2.63. The van der Waals surface area contributed by atoms with Crippen molar-refractivity contribution in [2.24, 2.45) is 0 Å². The number of carboxylic acid groups (broad SMARTS) is 1. The maximum absolute atomic E-state index is 10.8. The Morgan fingerprint density at radius 3 is 2.29 bits per heavy atom. The predicted octanol–water partition coefficient (Wildman–Crippen LogP) is 1.09. The summed E-state index contributed by atoms with van der Waals surface area (Å²) in [5, 5.41) is 21.5. The molecule has 31 heavy (non-hydrogen) atoms. The second-order valence-electron chi connectivity index (χ2n) is 6.85. The van der Waals surface area contributed by atoms with Gasteiger partial charge in [-0.15, -0.1) is 0 Å². The number of aliphatic hydroxyl groups excluding tert-OH is 1. The van der Waals surface area contributed by atoms with Gasteiger partial charge >= 0.3 is 29.6 Å². The molecule has 0 saturated carbocycles. The zero-order valence-corrected chi connectivity index (χ0v) is 19.7. The largest absolute Gasteiger partial charge is 1.00 e. The quantitative estimate of drug-likeness (QED) is 0.436. The molecule has 0 bridgehead atoms. The summed E-state index contributed by atoms with van der Waals surface area (Å²) in [6, 6.07) is 22.8. The van der Waals surface area contributed by atoms with E-state index in [4.69, 9.17) is 4.74 Å². The van der Waals surface area contributed by atoms with E-state index in [1.54, 1.807) is 18.2 Å². The molecule has 0 aliphatic heterocycles. The molecule has 3 aromatic rings. The first-order valence-electron chi connectivity index (χ1n) is 9.65. The van der Waals surface area contributed by atoms with E-state index in [9.17, 15) is 15.0 Å². The van der Waals surface area contributed by atoms with E-state index in [0.717, 1.165) is 28.3 Å². The third kappa shape index (κ3) is 7.23. The van der Waals surface area contributed by atoms with Crippen molar-refractivity contribution in [1.29, 1.82) is 0 Å². The molecule has 3 aromatic carbocycles. The fourth-order valence-corrected chi connectivity index (χ4v) is 3.11. The first-order chi connectivity index (χ1) is 14.5. The third-order valence-electron chi connectivity index (χ3n) is 4.64. The second kappa shape index (κ2) is 12.3. The molecule has 0 fully saturated rings. The number of para-hydroxylation sites is 1. The molecule has 152 valence electrons. The van der Waals surface area contributed by atoms with Crippen LogP contribution in [0.15, 0.2) is 84.9 Å². The van der Waals surface area contributed by atoms with E-state index in [0.29, 0.717) is 17.9 Å². The molecule has 0 radical (unpaired) electrons.